The number of fused-ring (bicyclic) bond motifs is 1. The molecule has 0 aliphatic rings. The van der Waals surface area contributed by atoms with Crippen molar-refractivity contribution in [2.24, 2.45) is 0 Å². The van der Waals surface area contributed by atoms with Crippen LogP contribution in [0.25, 0.3) is 17.0 Å². The largest absolute Gasteiger partial charge is 0.497 e. The number of hydrogen-bond donors (Lipinski definition) is 0. The molecule has 0 saturated carbocycles. The van der Waals surface area contributed by atoms with Crippen LogP contribution in [0.15, 0.2) is 49.0 Å². The highest BCUT2D eigenvalue weighted by Crippen LogP contribution is 2.30. The first-order valence-corrected chi connectivity index (χ1v) is 8.08. The molecule has 0 amide bonds. The van der Waals surface area contributed by atoms with Gasteiger partial charge in [-0.1, -0.05) is 36.9 Å². The molecule has 132 valence electrons. The zero-order valence-electron chi connectivity index (χ0n) is 14.7. The third-order valence-electron chi connectivity index (χ3n) is 4.36. The second-order valence-electron chi connectivity index (χ2n) is 5.79. The van der Waals surface area contributed by atoms with Crippen molar-refractivity contribution in [2.75, 3.05) is 14.2 Å². The Kier molecular flexibility index (Phi) is 4.89. The molecule has 0 aliphatic heterocycles. The van der Waals surface area contributed by atoms with Gasteiger partial charge in [-0.3, -0.25) is 4.79 Å². The molecule has 0 aliphatic carbocycles. The van der Waals surface area contributed by atoms with Gasteiger partial charge in [0.2, 0.25) is 0 Å². The van der Waals surface area contributed by atoms with Gasteiger partial charge < -0.3 is 14.0 Å². The topological polar surface area (TPSA) is 57.5 Å². The van der Waals surface area contributed by atoms with E-state index in [0.717, 1.165) is 16.6 Å². The van der Waals surface area contributed by atoms with E-state index in [1.807, 2.05) is 30.3 Å². The third kappa shape index (κ3) is 2.99. The SMILES string of the molecule is C=Cc1ccc(Cn2c(C(=O)OC)c(C=O)c3ccc(OC)cc32)cc1. The molecule has 5 heteroatoms. The molecule has 0 saturated heterocycles. The Morgan fingerprint density at radius 3 is 2.46 bits per heavy atom. The minimum Gasteiger partial charge on any atom is -0.497 e. The van der Waals surface area contributed by atoms with E-state index in [-0.39, 0.29) is 5.69 Å². The number of rotatable bonds is 6. The van der Waals surface area contributed by atoms with E-state index in [2.05, 4.69) is 6.58 Å². The second kappa shape index (κ2) is 7.27. The smallest absolute Gasteiger partial charge is 0.355 e. The van der Waals surface area contributed by atoms with Gasteiger partial charge in [0.1, 0.15) is 11.4 Å². The fourth-order valence-electron chi connectivity index (χ4n) is 3.02. The summed E-state index contributed by atoms with van der Waals surface area (Å²) in [4.78, 5) is 24.1. The van der Waals surface area contributed by atoms with E-state index in [0.29, 0.717) is 29.5 Å². The van der Waals surface area contributed by atoms with Crippen molar-refractivity contribution in [1.29, 1.82) is 0 Å². The van der Waals surface area contributed by atoms with Crippen molar-refractivity contribution in [3.8, 4) is 5.75 Å². The summed E-state index contributed by atoms with van der Waals surface area (Å²) in [5.41, 5.74) is 3.28. The Labute approximate surface area is 151 Å². The van der Waals surface area contributed by atoms with Crippen molar-refractivity contribution in [1.82, 2.24) is 4.57 Å². The summed E-state index contributed by atoms with van der Waals surface area (Å²) in [5, 5.41) is 0.684. The van der Waals surface area contributed by atoms with Crippen LogP contribution in [0.2, 0.25) is 0 Å². The lowest BCUT2D eigenvalue weighted by atomic mass is 10.1. The molecular formula is C21H19NO4. The fraction of sp³-hybridized carbons (Fsp3) is 0.143. The van der Waals surface area contributed by atoms with Crippen LogP contribution < -0.4 is 4.74 Å². The molecule has 0 N–H and O–H groups in total. The molecule has 2 aromatic carbocycles. The maximum Gasteiger partial charge on any atom is 0.355 e. The van der Waals surface area contributed by atoms with Gasteiger partial charge in [0.05, 0.1) is 25.3 Å². The number of hydrogen-bond acceptors (Lipinski definition) is 4. The Bertz CT molecular complexity index is 983. The van der Waals surface area contributed by atoms with Gasteiger partial charge in [0.25, 0.3) is 0 Å². The number of carbonyl (C=O) groups is 2. The Balaban J connectivity index is 2.23. The predicted octanol–water partition coefficient (Wildman–Crippen LogP) is 3.94. The van der Waals surface area contributed by atoms with Crippen molar-refractivity contribution in [3.05, 3.63) is 71.4 Å². The molecule has 0 bridgehead atoms. The minimum atomic E-state index is -0.551. The normalized spacial score (nSPS) is 10.5. The lowest BCUT2D eigenvalue weighted by Gasteiger charge is -2.11. The lowest BCUT2D eigenvalue weighted by Crippen LogP contribution is -2.13. The van der Waals surface area contributed by atoms with E-state index >= 15 is 0 Å². The number of esters is 1. The minimum absolute atomic E-state index is 0.235. The Morgan fingerprint density at radius 2 is 1.88 bits per heavy atom. The number of nitrogens with zero attached hydrogens (tertiary/aromatic N) is 1. The number of methoxy groups -OCH3 is 2. The van der Waals surface area contributed by atoms with Crippen LogP contribution in [-0.2, 0) is 11.3 Å². The van der Waals surface area contributed by atoms with Gasteiger partial charge in [-0.15, -0.1) is 0 Å². The molecule has 0 atom stereocenters. The molecule has 3 aromatic rings. The van der Waals surface area contributed by atoms with Gasteiger partial charge >= 0.3 is 5.97 Å². The van der Waals surface area contributed by atoms with Crippen LogP contribution in [0.5, 0.6) is 5.75 Å². The highest BCUT2D eigenvalue weighted by atomic mass is 16.5. The van der Waals surface area contributed by atoms with Gasteiger partial charge in [0, 0.05) is 18.0 Å². The third-order valence-corrected chi connectivity index (χ3v) is 4.36. The Hall–Kier alpha value is -3.34. The summed E-state index contributed by atoms with van der Waals surface area (Å²) in [6.07, 6.45) is 2.46. The lowest BCUT2D eigenvalue weighted by molar-refractivity contribution is 0.0587. The van der Waals surface area contributed by atoms with Crippen molar-refractivity contribution in [2.45, 2.75) is 6.54 Å². The highest BCUT2D eigenvalue weighted by molar-refractivity contribution is 6.09. The average Bonchev–Trinajstić information content (AvgIpc) is 3.00. The summed E-state index contributed by atoms with van der Waals surface area (Å²) < 4.78 is 12.0. The van der Waals surface area contributed by atoms with Crippen LogP contribution in [0.1, 0.15) is 32.0 Å². The molecule has 3 rings (SSSR count). The van der Waals surface area contributed by atoms with Crippen LogP contribution in [-0.4, -0.2) is 31.0 Å². The maximum absolute atomic E-state index is 12.4. The molecule has 0 unspecified atom stereocenters. The van der Waals surface area contributed by atoms with Crippen LogP contribution >= 0.6 is 0 Å². The first-order chi connectivity index (χ1) is 12.6. The number of ether oxygens (including phenoxy) is 2. The zero-order chi connectivity index (χ0) is 18.7. The quantitative estimate of drug-likeness (QED) is 0.500. The van der Waals surface area contributed by atoms with Crippen LogP contribution in [0, 0.1) is 0 Å². The van der Waals surface area contributed by atoms with Crippen LogP contribution in [0.4, 0.5) is 0 Å². The molecule has 0 fully saturated rings. The fourth-order valence-corrected chi connectivity index (χ4v) is 3.02. The first kappa shape index (κ1) is 17.5. The van der Waals surface area contributed by atoms with Gasteiger partial charge in [0.15, 0.2) is 6.29 Å². The zero-order valence-corrected chi connectivity index (χ0v) is 14.7. The van der Waals surface area contributed by atoms with E-state index in [4.69, 9.17) is 9.47 Å². The van der Waals surface area contributed by atoms with Crippen molar-refractivity contribution in [3.63, 3.8) is 0 Å². The number of carbonyl (C=O) groups excluding carboxylic acids is 2. The summed E-state index contributed by atoms with van der Waals surface area (Å²) in [6, 6.07) is 13.2. The maximum atomic E-state index is 12.4. The van der Waals surface area contributed by atoms with Gasteiger partial charge in [-0.05, 0) is 23.3 Å². The standard InChI is InChI=1S/C21H19NO4/c1-4-14-5-7-15(8-6-14)12-22-19-11-16(25-2)9-10-17(19)18(13-23)20(22)21(24)26-3/h4-11,13H,1,12H2,2-3H3. The summed E-state index contributed by atoms with van der Waals surface area (Å²) >= 11 is 0. The van der Waals surface area contributed by atoms with Gasteiger partial charge in [-0.25, -0.2) is 4.79 Å². The first-order valence-electron chi connectivity index (χ1n) is 8.08. The molecule has 0 radical (unpaired) electrons. The van der Waals surface area contributed by atoms with Crippen molar-refractivity contribution >= 4 is 29.2 Å². The summed E-state index contributed by atoms with van der Waals surface area (Å²) in [6.45, 7) is 4.16. The molecule has 1 aromatic heterocycles. The van der Waals surface area contributed by atoms with E-state index < -0.39 is 5.97 Å². The average molecular weight is 349 g/mol. The number of benzene rings is 2. The second-order valence-corrected chi connectivity index (χ2v) is 5.79. The summed E-state index contributed by atoms with van der Waals surface area (Å²) in [7, 11) is 2.88. The Morgan fingerprint density at radius 1 is 1.15 bits per heavy atom. The summed E-state index contributed by atoms with van der Waals surface area (Å²) in [5.74, 6) is 0.0945. The molecular weight excluding hydrogens is 330 g/mol. The number of aromatic nitrogens is 1. The molecule has 0 spiro atoms. The highest BCUT2D eigenvalue weighted by Gasteiger charge is 2.23. The van der Waals surface area contributed by atoms with Crippen molar-refractivity contribution < 1.29 is 19.1 Å². The monoisotopic (exact) mass is 349 g/mol. The van der Waals surface area contributed by atoms with E-state index in [9.17, 15) is 9.59 Å². The van der Waals surface area contributed by atoms with Crippen LogP contribution in [0.3, 0.4) is 0 Å². The molecule has 1 heterocycles. The van der Waals surface area contributed by atoms with E-state index in [1.54, 1.807) is 29.9 Å². The number of aldehydes is 1. The predicted molar refractivity (Wildman–Crippen MR) is 101 cm³/mol. The molecule has 5 nitrogen and oxygen atoms in total. The van der Waals surface area contributed by atoms with Gasteiger partial charge in [-0.2, -0.15) is 0 Å². The molecule has 26 heavy (non-hydrogen) atoms. The van der Waals surface area contributed by atoms with E-state index in [1.165, 1.54) is 7.11 Å².